The minimum atomic E-state index is -0.355. The first-order valence-electron chi connectivity index (χ1n) is 7.43. The molecule has 0 aliphatic rings. The average molecular weight is 309 g/mol. The Morgan fingerprint density at radius 1 is 0.696 bits per heavy atom. The van der Waals surface area contributed by atoms with E-state index < -0.39 is 0 Å². The predicted molar refractivity (Wildman–Crippen MR) is 90.5 cm³/mol. The van der Waals surface area contributed by atoms with Crippen LogP contribution in [0.25, 0.3) is 0 Å². The Labute approximate surface area is 134 Å². The number of anilines is 3. The Hall–Kier alpha value is -2.68. The average Bonchev–Trinajstić information content (AvgIpc) is 2.51. The van der Waals surface area contributed by atoms with Gasteiger partial charge in [-0.2, -0.15) is 0 Å². The van der Waals surface area contributed by atoms with Crippen LogP contribution in [0.4, 0.5) is 25.8 Å². The summed E-state index contributed by atoms with van der Waals surface area (Å²) in [5.74, 6) is -0.693. The second kappa shape index (κ2) is 6.21. The molecule has 1 nitrogen and oxygen atoms in total. The summed E-state index contributed by atoms with van der Waals surface area (Å²) >= 11 is 0. The van der Waals surface area contributed by atoms with Crippen molar-refractivity contribution in [2.45, 2.75) is 13.8 Å². The highest BCUT2D eigenvalue weighted by Gasteiger charge is 2.16. The molecule has 0 spiro atoms. The van der Waals surface area contributed by atoms with E-state index in [1.54, 1.807) is 23.1 Å². The highest BCUT2D eigenvalue weighted by molar-refractivity contribution is 5.76. The van der Waals surface area contributed by atoms with Gasteiger partial charge in [0.1, 0.15) is 11.6 Å². The summed E-state index contributed by atoms with van der Waals surface area (Å²) in [4.78, 5) is 1.72. The van der Waals surface area contributed by atoms with Crippen LogP contribution in [-0.4, -0.2) is 0 Å². The van der Waals surface area contributed by atoms with Gasteiger partial charge in [-0.25, -0.2) is 8.78 Å². The summed E-state index contributed by atoms with van der Waals surface area (Å²) in [5, 5.41) is 0. The number of benzene rings is 3. The maximum Gasteiger partial charge on any atom is 0.147 e. The largest absolute Gasteiger partial charge is 0.308 e. The third-order valence-electron chi connectivity index (χ3n) is 3.70. The molecule has 116 valence electrons. The zero-order valence-electron chi connectivity index (χ0n) is 13.1. The molecule has 0 saturated heterocycles. The molecule has 0 fully saturated rings. The SMILES string of the molecule is Cc1ccc(N(c2cccc(F)c2)c2ccc(C)cc2F)cc1. The van der Waals surface area contributed by atoms with Crippen LogP contribution in [0.5, 0.6) is 0 Å². The third kappa shape index (κ3) is 3.24. The quantitative estimate of drug-likeness (QED) is 0.569. The lowest BCUT2D eigenvalue weighted by atomic mass is 10.1. The van der Waals surface area contributed by atoms with Crippen LogP contribution in [0.2, 0.25) is 0 Å². The highest BCUT2D eigenvalue weighted by Crippen LogP contribution is 2.36. The number of rotatable bonds is 3. The Kier molecular flexibility index (Phi) is 4.11. The Bertz CT molecular complexity index is 825. The molecular formula is C20H17F2N. The lowest BCUT2D eigenvalue weighted by Gasteiger charge is -2.26. The van der Waals surface area contributed by atoms with Crippen LogP contribution in [0.3, 0.4) is 0 Å². The second-order valence-electron chi connectivity index (χ2n) is 5.61. The van der Waals surface area contributed by atoms with Crippen LogP contribution in [0.1, 0.15) is 11.1 Å². The molecule has 3 aromatic rings. The maximum atomic E-state index is 14.5. The third-order valence-corrected chi connectivity index (χ3v) is 3.70. The maximum absolute atomic E-state index is 14.5. The summed E-state index contributed by atoms with van der Waals surface area (Å²) in [5.41, 5.74) is 3.71. The van der Waals surface area contributed by atoms with E-state index in [0.29, 0.717) is 11.4 Å². The number of hydrogen-bond donors (Lipinski definition) is 0. The van der Waals surface area contributed by atoms with Crippen molar-refractivity contribution in [1.82, 2.24) is 0 Å². The molecular weight excluding hydrogens is 292 g/mol. The van der Waals surface area contributed by atoms with Gasteiger partial charge in [0, 0.05) is 11.4 Å². The van der Waals surface area contributed by atoms with E-state index in [2.05, 4.69) is 0 Å². The normalized spacial score (nSPS) is 10.6. The van der Waals surface area contributed by atoms with E-state index in [4.69, 9.17) is 0 Å². The number of hydrogen-bond acceptors (Lipinski definition) is 1. The van der Waals surface area contributed by atoms with Crippen LogP contribution in [0.15, 0.2) is 66.7 Å². The summed E-state index contributed by atoms with van der Waals surface area (Å²) in [6.45, 7) is 3.83. The van der Waals surface area contributed by atoms with Gasteiger partial charge in [-0.3, -0.25) is 0 Å². The van der Waals surface area contributed by atoms with Gasteiger partial charge in [0.2, 0.25) is 0 Å². The van der Waals surface area contributed by atoms with E-state index in [1.807, 2.05) is 44.2 Å². The fourth-order valence-corrected chi connectivity index (χ4v) is 2.53. The van der Waals surface area contributed by atoms with Gasteiger partial charge in [-0.1, -0.05) is 29.8 Å². The first-order valence-corrected chi connectivity index (χ1v) is 7.43. The number of nitrogens with zero attached hydrogens (tertiary/aromatic N) is 1. The van der Waals surface area contributed by atoms with Gasteiger partial charge in [0.15, 0.2) is 0 Å². The smallest absolute Gasteiger partial charge is 0.147 e. The van der Waals surface area contributed by atoms with Gasteiger partial charge in [0.25, 0.3) is 0 Å². The monoisotopic (exact) mass is 309 g/mol. The molecule has 0 unspecified atom stereocenters. The molecule has 0 atom stereocenters. The van der Waals surface area contributed by atoms with Crippen LogP contribution >= 0.6 is 0 Å². The van der Waals surface area contributed by atoms with Crippen molar-refractivity contribution in [1.29, 1.82) is 0 Å². The van der Waals surface area contributed by atoms with Gasteiger partial charge in [-0.15, -0.1) is 0 Å². The van der Waals surface area contributed by atoms with E-state index in [0.717, 1.165) is 16.8 Å². The first-order chi connectivity index (χ1) is 11.0. The first kappa shape index (κ1) is 15.2. The molecule has 0 aliphatic carbocycles. The predicted octanol–water partition coefficient (Wildman–Crippen LogP) is 6.05. The fraction of sp³-hybridized carbons (Fsp3) is 0.100. The zero-order valence-corrected chi connectivity index (χ0v) is 13.1. The number of halogens is 2. The van der Waals surface area contributed by atoms with Crippen molar-refractivity contribution in [3.05, 3.63) is 89.5 Å². The van der Waals surface area contributed by atoms with E-state index in [-0.39, 0.29) is 11.6 Å². The second-order valence-corrected chi connectivity index (χ2v) is 5.61. The van der Waals surface area contributed by atoms with Crippen molar-refractivity contribution in [3.8, 4) is 0 Å². The summed E-state index contributed by atoms with van der Waals surface area (Å²) < 4.78 is 28.2. The zero-order chi connectivity index (χ0) is 16.4. The Morgan fingerprint density at radius 2 is 1.39 bits per heavy atom. The van der Waals surface area contributed by atoms with Gasteiger partial charge in [0.05, 0.1) is 5.69 Å². The topological polar surface area (TPSA) is 3.24 Å². The molecule has 0 radical (unpaired) electrons. The molecule has 0 N–H and O–H groups in total. The van der Waals surface area contributed by atoms with Crippen molar-refractivity contribution in [3.63, 3.8) is 0 Å². The van der Waals surface area contributed by atoms with E-state index in [9.17, 15) is 8.78 Å². The van der Waals surface area contributed by atoms with Crippen LogP contribution in [-0.2, 0) is 0 Å². The summed E-state index contributed by atoms with van der Waals surface area (Å²) in [6, 6.07) is 18.9. The van der Waals surface area contributed by atoms with Crippen LogP contribution in [0, 0.1) is 25.5 Å². The minimum Gasteiger partial charge on any atom is -0.308 e. The molecule has 0 amide bonds. The molecule has 0 saturated carbocycles. The standard InChI is InChI=1S/C20H17F2N/c1-14-6-9-17(10-7-14)23(18-5-3-4-16(21)13-18)20-11-8-15(2)12-19(20)22/h3-13H,1-2H3. The van der Waals surface area contributed by atoms with Gasteiger partial charge in [-0.05, 0) is 61.9 Å². The van der Waals surface area contributed by atoms with Gasteiger partial charge < -0.3 is 4.90 Å². The van der Waals surface area contributed by atoms with Gasteiger partial charge >= 0.3 is 0 Å². The van der Waals surface area contributed by atoms with Crippen molar-refractivity contribution < 1.29 is 8.78 Å². The highest BCUT2D eigenvalue weighted by atomic mass is 19.1. The fourth-order valence-electron chi connectivity index (χ4n) is 2.53. The Morgan fingerprint density at radius 3 is 2.04 bits per heavy atom. The minimum absolute atomic E-state index is 0.338. The molecule has 0 bridgehead atoms. The molecule has 3 rings (SSSR count). The lowest BCUT2D eigenvalue weighted by molar-refractivity contribution is 0.624. The molecule has 0 aromatic heterocycles. The molecule has 3 heteroatoms. The lowest BCUT2D eigenvalue weighted by Crippen LogP contribution is -2.12. The molecule has 0 heterocycles. The summed E-state index contributed by atoms with van der Waals surface area (Å²) in [7, 11) is 0. The van der Waals surface area contributed by atoms with Crippen molar-refractivity contribution in [2.75, 3.05) is 4.90 Å². The Balaban J connectivity index is 2.19. The van der Waals surface area contributed by atoms with E-state index >= 15 is 0 Å². The van der Waals surface area contributed by atoms with Crippen molar-refractivity contribution >= 4 is 17.1 Å². The van der Waals surface area contributed by atoms with Crippen molar-refractivity contribution in [2.24, 2.45) is 0 Å². The molecule has 23 heavy (non-hydrogen) atoms. The van der Waals surface area contributed by atoms with Crippen LogP contribution < -0.4 is 4.90 Å². The molecule has 3 aromatic carbocycles. The summed E-state index contributed by atoms with van der Waals surface area (Å²) in [6.07, 6.45) is 0. The van der Waals surface area contributed by atoms with E-state index in [1.165, 1.54) is 18.2 Å². The molecule has 0 aliphatic heterocycles. The number of aryl methyl sites for hydroxylation is 2.